The van der Waals surface area contributed by atoms with Crippen LogP contribution in [0.25, 0.3) is 0 Å². The number of benzene rings is 2. The quantitative estimate of drug-likeness (QED) is 0.535. The normalized spacial score (nSPS) is 15.8. The summed E-state index contributed by atoms with van der Waals surface area (Å²) in [7, 11) is 0. The molecule has 156 valence electrons. The van der Waals surface area contributed by atoms with Gasteiger partial charge in [-0.15, -0.1) is 0 Å². The smallest absolute Gasteiger partial charge is 0.289 e. The third-order valence-electron chi connectivity index (χ3n) is 5.06. The van der Waals surface area contributed by atoms with E-state index in [-0.39, 0.29) is 17.8 Å². The molecule has 1 aromatic heterocycles. The number of hydrogen-bond acceptors (Lipinski definition) is 4. The second-order valence-electron chi connectivity index (χ2n) is 7.36. The Kier molecular flexibility index (Phi) is 6.44. The standard InChI is InChI=1S/C24H24FNO4/c25-20-5-1-4-19(14-20)17-30-21-10-8-18(9-11-21)15-26(16-22-6-2-12-28-22)24(27)23-7-3-13-29-23/h1,3-5,7-11,13-14,22H,2,6,12,15-17H2. The summed E-state index contributed by atoms with van der Waals surface area (Å²) in [4.78, 5) is 14.6. The van der Waals surface area contributed by atoms with Gasteiger partial charge in [0.25, 0.3) is 5.91 Å². The van der Waals surface area contributed by atoms with Gasteiger partial charge in [-0.3, -0.25) is 4.79 Å². The number of ether oxygens (including phenoxy) is 2. The van der Waals surface area contributed by atoms with Crippen molar-refractivity contribution < 1.29 is 23.1 Å². The van der Waals surface area contributed by atoms with Crippen molar-refractivity contribution >= 4 is 5.91 Å². The van der Waals surface area contributed by atoms with Gasteiger partial charge >= 0.3 is 0 Å². The van der Waals surface area contributed by atoms with Gasteiger partial charge in [-0.2, -0.15) is 0 Å². The summed E-state index contributed by atoms with van der Waals surface area (Å²) in [6.45, 7) is 2.00. The highest BCUT2D eigenvalue weighted by Gasteiger charge is 2.25. The van der Waals surface area contributed by atoms with Crippen LogP contribution < -0.4 is 4.74 Å². The SMILES string of the molecule is O=C(c1ccco1)N(Cc1ccc(OCc2cccc(F)c2)cc1)CC1CCCO1. The molecule has 6 heteroatoms. The lowest BCUT2D eigenvalue weighted by Crippen LogP contribution is -2.36. The van der Waals surface area contributed by atoms with Crippen molar-refractivity contribution in [2.24, 2.45) is 0 Å². The number of hydrogen-bond donors (Lipinski definition) is 0. The van der Waals surface area contributed by atoms with Crippen molar-refractivity contribution in [3.05, 3.63) is 89.6 Å². The van der Waals surface area contributed by atoms with Gasteiger partial charge in [-0.25, -0.2) is 4.39 Å². The molecule has 0 radical (unpaired) electrons. The summed E-state index contributed by atoms with van der Waals surface area (Å²) >= 11 is 0. The van der Waals surface area contributed by atoms with Crippen LogP contribution >= 0.6 is 0 Å². The predicted molar refractivity (Wildman–Crippen MR) is 110 cm³/mol. The van der Waals surface area contributed by atoms with Gasteiger partial charge in [-0.05, 0) is 60.4 Å². The second-order valence-corrected chi connectivity index (χ2v) is 7.36. The molecule has 5 nitrogen and oxygen atoms in total. The van der Waals surface area contributed by atoms with Gasteiger partial charge in [-0.1, -0.05) is 24.3 Å². The van der Waals surface area contributed by atoms with E-state index < -0.39 is 0 Å². The second kappa shape index (κ2) is 9.59. The van der Waals surface area contributed by atoms with Gasteiger partial charge in [0.15, 0.2) is 5.76 Å². The van der Waals surface area contributed by atoms with Crippen LogP contribution in [0.5, 0.6) is 5.75 Å². The maximum Gasteiger partial charge on any atom is 0.289 e. The van der Waals surface area contributed by atoms with E-state index >= 15 is 0 Å². The zero-order valence-electron chi connectivity index (χ0n) is 16.6. The molecule has 0 bridgehead atoms. The minimum atomic E-state index is -0.279. The highest BCUT2D eigenvalue weighted by molar-refractivity contribution is 5.91. The first-order valence-corrected chi connectivity index (χ1v) is 10.1. The lowest BCUT2D eigenvalue weighted by Gasteiger charge is -2.25. The first-order valence-electron chi connectivity index (χ1n) is 10.1. The third-order valence-corrected chi connectivity index (χ3v) is 5.06. The van der Waals surface area contributed by atoms with E-state index in [2.05, 4.69) is 0 Å². The van der Waals surface area contributed by atoms with E-state index in [4.69, 9.17) is 13.9 Å². The predicted octanol–water partition coefficient (Wildman–Crippen LogP) is 4.82. The van der Waals surface area contributed by atoms with Gasteiger partial charge in [0.1, 0.15) is 18.2 Å². The maximum atomic E-state index is 13.3. The van der Waals surface area contributed by atoms with Crippen molar-refractivity contribution in [1.29, 1.82) is 0 Å². The fourth-order valence-electron chi connectivity index (χ4n) is 3.51. The average Bonchev–Trinajstić information content (AvgIpc) is 3.47. The Morgan fingerprint density at radius 3 is 2.67 bits per heavy atom. The summed E-state index contributed by atoms with van der Waals surface area (Å²) in [6.07, 6.45) is 3.53. The first kappa shape index (κ1) is 20.2. The molecular weight excluding hydrogens is 385 g/mol. The van der Waals surface area contributed by atoms with Crippen LogP contribution in [0.4, 0.5) is 4.39 Å². The lowest BCUT2D eigenvalue weighted by molar-refractivity contribution is 0.0484. The molecule has 4 rings (SSSR count). The highest BCUT2D eigenvalue weighted by Crippen LogP contribution is 2.20. The van der Waals surface area contributed by atoms with Crippen LogP contribution in [0.1, 0.15) is 34.5 Å². The zero-order valence-corrected chi connectivity index (χ0v) is 16.6. The lowest BCUT2D eigenvalue weighted by atomic mass is 10.1. The molecule has 0 aliphatic carbocycles. The van der Waals surface area contributed by atoms with E-state index in [1.807, 2.05) is 30.3 Å². The fraction of sp³-hybridized carbons (Fsp3) is 0.292. The number of nitrogens with zero attached hydrogens (tertiary/aromatic N) is 1. The average molecular weight is 409 g/mol. The van der Waals surface area contributed by atoms with Crippen LogP contribution in [-0.4, -0.2) is 30.1 Å². The summed E-state index contributed by atoms with van der Waals surface area (Å²) in [6, 6.07) is 17.3. The molecule has 1 fully saturated rings. The molecule has 1 unspecified atom stereocenters. The molecule has 1 amide bonds. The summed E-state index contributed by atoms with van der Waals surface area (Å²) in [5.74, 6) is 0.579. The number of halogens is 1. The van der Waals surface area contributed by atoms with Gasteiger partial charge in [0.2, 0.25) is 0 Å². The number of carbonyl (C=O) groups is 1. The monoisotopic (exact) mass is 409 g/mol. The largest absolute Gasteiger partial charge is 0.489 e. The van der Waals surface area contributed by atoms with Crippen molar-refractivity contribution in [2.45, 2.75) is 32.1 Å². The molecule has 2 heterocycles. The topological polar surface area (TPSA) is 51.9 Å². The Bertz CT molecular complexity index is 950. The van der Waals surface area contributed by atoms with Crippen molar-refractivity contribution in [1.82, 2.24) is 4.90 Å². The van der Waals surface area contributed by atoms with E-state index in [1.54, 1.807) is 23.1 Å². The number of amides is 1. The van der Waals surface area contributed by atoms with Crippen LogP contribution in [0.3, 0.4) is 0 Å². The van der Waals surface area contributed by atoms with Gasteiger partial charge in [0, 0.05) is 19.7 Å². The maximum absolute atomic E-state index is 13.3. The Balaban J connectivity index is 1.40. The van der Waals surface area contributed by atoms with Crippen molar-refractivity contribution in [3.8, 4) is 5.75 Å². The van der Waals surface area contributed by atoms with E-state index in [1.165, 1.54) is 18.4 Å². The summed E-state index contributed by atoms with van der Waals surface area (Å²) < 4.78 is 30.0. The third kappa shape index (κ3) is 5.27. The van der Waals surface area contributed by atoms with Crippen LogP contribution in [0, 0.1) is 5.82 Å². The van der Waals surface area contributed by atoms with E-state index in [9.17, 15) is 9.18 Å². The van der Waals surface area contributed by atoms with Crippen molar-refractivity contribution in [2.75, 3.05) is 13.2 Å². The highest BCUT2D eigenvalue weighted by atomic mass is 19.1. The number of carbonyl (C=O) groups excluding carboxylic acids is 1. The van der Waals surface area contributed by atoms with Crippen LogP contribution in [0.15, 0.2) is 71.3 Å². The fourth-order valence-corrected chi connectivity index (χ4v) is 3.51. The number of rotatable bonds is 8. The molecular formula is C24H24FNO4. The van der Waals surface area contributed by atoms with E-state index in [0.29, 0.717) is 31.2 Å². The Morgan fingerprint density at radius 2 is 1.97 bits per heavy atom. The Morgan fingerprint density at radius 1 is 1.10 bits per heavy atom. The number of furan rings is 1. The molecule has 1 saturated heterocycles. The van der Waals surface area contributed by atoms with Crippen LogP contribution in [-0.2, 0) is 17.9 Å². The molecule has 1 atom stereocenters. The summed E-state index contributed by atoms with van der Waals surface area (Å²) in [5.41, 5.74) is 1.75. The van der Waals surface area contributed by atoms with Gasteiger partial charge < -0.3 is 18.8 Å². The minimum absolute atomic E-state index is 0.0535. The Hall–Kier alpha value is -3.12. The molecule has 3 aromatic rings. The molecule has 0 saturated carbocycles. The van der Waals surface area contributed by atoms with Crippen LogP contribution in [0.2, 0.25) is 0 Å². The summed E-state index contributed by atoms with van der Waals surface area (Å²) in [5, 5.41) is 0. The van der Waals surface area contributed by atoms with Crippen molar-refractivity contribution in [3.63, 3.8) is 0 Å². The molecule has 1 aliphatic rings. The molecule has 1 aliphatic heterocycles. The molecule has 0 N–H and O–H groups in total. The molecule has 0 spiro atoms. The Labute approximate surface area is 175 Å². The molecule has 30 heavy (non-hydrogen) atoms. The minimum Gasteiger partial charge on any atom is -0.489 e. The zero-order chi connectivity index (χ0) is 20.8. The molecule has 2 aromatic carbocycles. The van der Waals surface area contributed by atoms with E-state index in [0.717, 1.165) is 30.6 Å². The first-order chi connectivity index (χ1) is 14.7. The van der Waals surface area contributed by atoms with Gasteiger partial charge in [0.05, 0.1) is 12.4 Å².